The molecule has 1 atom stereocenters. The predicted octanol–water partition coefficient (Wildman–Crippen LogP) is 1.98. The van der Waals surface area contributed by atoms with E-state index in [-0.39, 0.29) is 11.9 Å². The van der Waals surface area contributed by atoms with Gasteiger partial charge >= 0.3 is 0 Å². The second kappa shape index (κ2) is 6.36. The van der Waals surface area contributed by atoms with Gasteiger partial charge in [0.1, 0.15) is 0 Å². The molecule has 0 aromatic carbocycles. The van der Waals surface area contributed by atoms with Crippen molar-refractivity contribution in [3.05, 3.63) is 47.5 Å². The molecule has 1 aliphatic heterocycles. The number of hydrogen-bond donors (Lipinski definition) is 0. The molecule has 2 aromatic rings. The lowest BCUT2D eigenvalue weighted by Crippen LogP contribution is -2.42. The minimum atomic E-state index is -0.0901. The van der Waals surface area contributed by atoms with Crippen LogP contribution in [0.1, 0.15) is 40.5 Å². The van der Waals surface area contributed by atoms with Crippen molar-refractivity contribution in [3.63, 3.8) is 0 Å². The van der Waals surface area contributed by atoms with Crippen LogP contribution in [0, 0.1) is 5.92 Å². The van der Waals surface area contributed by atoms with Gasteiger partial charge in [0.05, 0.1) is 30.1 Å². The van der Waals surface area contributed by atoms with E-state index in [9.17, 15) is 4.79 Å². The Morgan fingerprint density at radius 3 is 2.96 bits per heavy atom. The minimum Gasteiger partial charge on any atom is -0.379 e. The normalized spacial score (nSPS) is 20.0. The van der Waals surface area contributed by atoms with Gasteiger partial charge < -0.3 is 9.64 Å². The highest BCUT2D eigenvalue weighted by molar-refractivity contribution is 5.94. The molecule has 2 aliphatic rings. The Balaban J connectivity index is 1.59. The summed E-state index contributed by atoms with van der Waals surface area (Å²) in [4.78, 5) is 18.9. The number of hydrogen-bond acceptors (Lipinski definition) is 4. The molecule has 1 saturated carbocycles. The molecule has 0 saturated heterocycles. The number of carbonyl (C=O) groups excluding carboxylic acids is 1. The van der Waals surface area contributed by atoms with Crippen LogP contribution in [0.2, 0.25) is 0 Å². The molecule has 4 rings (SSSR count). The van der Waals surface area contributed by atoms with E-state index in [2.05, 4.69) is 10.1 Å². The highest BCUT2D eigenvalue weighted by atomic mass is 16.5. The van der Waals surface area contributed by atoms with Gasteiger partial charge in [-0.25, -0.2) is 0 Å². The fourth-order valence-electron chi connectivity index (χ4n) is 3.36. The molecule has 126 valence electrons. The van der Waals surface area contributed by atoms with Crippen LogP contribution in [-0.2, 0) is 18.2 Å². The zero-order valence-corrected chi connectivity index (χ0v) is 13.9. The number of amides is 1. The van der Waals surface area contributed by atoms with Crippen LogP contribution in [-0.4, -0.2) is 45.3 Å². The average molecular weight is 326 g/mol. The Bertz CT molecular complexity index is 724. The van der Waals surface area contributed by atoms with Gasteiger partial charge in [-0.15, -0.1) is 0 Å². The Morgan fingerprint density at radius 1 is 1.33 bits per heavy atom. The van der Waals surface area contributed by atoms with Crippen molar-refractivity contribution in [1.82, 2.24) is 19.7 Å². The van der Waals surface area contributed by atoms with Crippen molar-refractivity contribution in [2.75, 3.05) is 19.8 Å². The van der Waals surface area contributed by atoms with Gasteiger partial charge in [-0.05, 0) is 42.9 Å². The number of fused-ring (bicyclic) bond motifs is 1. The molecule has 1 amide bonds. The maximum absolute atomic E-state index is 13.0. The quantitative estimate of drug-likeness (QED) is 0.843. The summed E-state index contributed by atoms with van der Waals surface area (Å²) in [5, 5.41) is 4.38. The number of aryl methyl sites for hydroxylation is 1. The smallest absolute Gasteiger partial charge is 0.256 e. The standard InChI is InChI=1S/C18H22N4O2/c1-21-17-14(10-20-21)6-8-22(16(17)12-24-11-13-4-5-13)18(23)15-3-2-7-19-9-15/h2-3,7,9-10,13,16H,4-6,8,11-12H2,1H3/t16-/m1/s1. The molecule has 1 aliphatic carbocycles. The largest absolute Gasteiger partial charge is 0.379 e. The first-order chi connectivity index (χ1) is 11.7. The first kappa shape index (κ1) is 15.3. The van der Waals surface area contributed by atoms with Gasteiger partial charge in [-0.1, -0.05) is 0 Å². The van der Waals surface area contributed by atoms with E-state index in [4.69, 9.17) is 4.74 Å². The maximum Gasteiger partial charge on any atom is 0.256 e. The third-order valence-electron chi connectivity index (χ3n) is 4.87. The van der Waals surface area contributed by atoms with E-state index in [1.54, 1.807) is 18.5 Å². The van der Waals surface area contributed by atoms with E-state index >= 15 is 0 Å². The average Bonchev–Trinajstić information content (AvgIpc) is 3.37. The third kappa shape index (κ3) is 2.94. The van der Waals surface area contributed by atoms with Crippen LogP contribution in [0.4, 0.5) is 0 Å². The van der Waals surface area contributed by atoms with Crippen LogP contribution in [0.15, 0.2) is 30.7 Å². The molecule has 0 spiro atoms. The molecule has 0 N–H and O–H groups in total. The van der Waals surface area contributed by atoms with Gasteiger partial charge in [0.25, 0.3) is 5.91 Å². The highest BCUT2D eigenvalue weighted by Gasteiger charge is 2.34. The SMILES string of the molecule is Cn1ncc2c1[C@@H](COCC1CC1)N(C(=O)c1cccnc1)CC2. The Labute approximate surface area is 141 Å². The molecule has 2 aromatic heterocycles. The van der Waals surface area contributed by atoms with Gasteiger partial charge in [0.15, 0.2) is 0 Å². The number of nitrogens with zero attached hydrogens (tertiary/aromatic N) is 4. The van der Waals surface area contributed by atoms with Gasteiger partial charge in [-0.3, -0.25) is 14.5 Å². The number of carbonyl (C=O) groups is 1. The Kier molecular flexibility index (Phi) is 4.06. The summed E-state index contributed by atoms with van der Waals surface area (Å²) in [5.41, 5.74) is 2.93. The van der Waals surface area contributed by atoms with Gasteiger partial charge in [0.2, 0.25) is 0 Å². The third-order valence-corrected chi connectivity index (χ3v) is 4.87. The number of aromatic nitrogens is 3. The van der Waals surface area contributed by atoms with Crippen molar-refractivity contribution in [2.45, 2.75) is 25.3 Å². The molecule has 0 unspecified atom stereocenters. The summed E-state index contributed by atoms with van der Waals surface area (Å²) in [6.45, 7) is 2.00. The minimum absolute atomic E-state index is 0.00923. The summed E-state index contributed by atoms with van der Waals surface area (Å²) >= 11 is 0. The summed E-state index contributed by atoms with van der Waals surface area (Å²) in [7, 11) is 1.94. The van der Waals surface area contributed by atoms with Crippen molar-refractivity contribution >= 4 is 5.91 Å². The van der Waals surface area contributed by atoms with E-state index in [1.807, 2.05) is 28.9 Å². The summed E-state index contributed by atoms with van der Waals surface area (Å²) in [6.07, 6.45) is 8.58. The summed E-state index contributed by atoms with van der Waals surface area (Å²) in [5.74, 6) is 0.719. The number of pyridine rings is 1. The molecular formula is C18H22N4O2. The molecular weight excluding hydrogens is 304 g/mol. The van der Waals surface area contributed by atoms with Crippen molar-refractivity contribution in [3.8, 4) is 0 Å². The lowest BCUT2D eigenvalue weighted by molar-refractivity contribution is 0.0348. The van der Waals surface area contributed by atoms with Crippen molar-refractivity contribution in [2.24, 2.45) is 13.0 Å². The highest BCUT2D eigenvalue weighted by Crippen LogP contribution is 2.33. The maximum atomic E-state index is 13.0. The topological polar surface area (TPSA) is 60.2 Å². The molecule has 1 fully saturated rings. The van der Waals surface area contributed by atoms with E-state index in [0.29, 0.717) is 24.6 Å². The first-order valence-corrected chi connectivity index (χ1v) is 8.53. The Hall–Kier alpha value is -2.21. The monoisotopic (exact) mass is 326 g/mol. The van der Waals surface area contributed by atoms with Crippen LogP contribution < -0.4 is 0 Å². The van der Waals surface area contributed by atoms with Crippen LogP contribution in [0.5, 0.6) is 0 Å². The van der Waals surface area contributed by atoms with Crippen molar-refractivity contribution in [1.29, 1.82) is 0 Å². The van der Waals surface area contributed by atoms with Gasteiger partial charge in [-0.2, -0.15) is 5.10 Å². The van der Waals surface area contributed by atoms with Crippen molar-refractivity contribution < 1.29 is 9.53 Å². The van der Waals surface area contributed by atoms with E-state index < -0.39 is 0 Å². The molecule has 6 heteroatoms. The number of ether oxygens (including phenoxy) is 1. The lowest BCUT2D eigenvalue weighted by Gasteiger charge is -2.36. The summed E-state index contributed by atoms with van der Waals surface area (Å²) in [6, 6.07) is 3.52. The molecule has 3 heterocycles. The van der Waals surface area contributed by atoms with Gasteiger partial charge in [0, 0.05) is 32.6 Å². The summed E-state index contributed by atoms with van der Waals surface area (Å²) < 4.78 is 7.82. The van der Waals surface area contributed by atoms with Crippen LogP contribution in [0.25, 0.3) is 0 Å². The Morgan fingerprint density at radius 2 is 2.21 bits per heavy atom. The molecule has 0 radical (unpaired) electrons. The fraction of sp³-hybridized carbons (Fsp3) is 0.500. The zero-order chi connectivity index (χ0) is 16.5. The zero-order valence-electron chi connectivity index (χ0n) is 13.9. The predicted molar refractivity (Wildman–Crippen MR) is 88.5 cm³/mol. The second-order valence-corrected chi connectivity index (χ2v) is 6.67. The van der Waals surface area contributed by atoms with Crippen LogP contribution >= 0.6 is 0 Å². The number of rotatable bonds is 5. The first-order valence-electron chi connectivity index (χ1n) is 8.53. The molecule has 24 heavy (non-hydrogen) atoms. The van der Waals surface area contributed by atoms with E-state index in [1.165, 1.54) is 18.4 Å². The second-order valence-electron chi connectivity index (χ2n) is 6.67. The van der Waals surface area contributed by atoms with E-state index in [0.717, 1.165) is 18.7 Å². The van der Waals surface area contributed by atoms with Crippen LogP contribution in [0.3, 0.4) is 0 Å². The lowest BCUT2D eigenvalue weighted by atomic mass is 9.99. The molecule has 6 nitrogen and oxygen atoms in total. The molecule has 0 bridgehead atoms. The fourth-order valence-corrected chi connectivity index (χ4v) is 3.36.